The fraction of sp³-hybridized carbons (Fsp3) is 0.638. The molecule has 7 aliphatic rings. The van der Waals surface area contributed by atoms with Crippen LogP contribution in [0.2, 0.25) is 0 Å². The SMILES string of the molecule is C=C[C@@H]1[I-][C@]1(NC(=O)[C@@H]1C[C@@H]2CN1C(=O)[C@H](C1CCCC1)NC(=O)O[C@@H]1CCC[C@H]1CC/C=C/Cc1c(nc3ccccc3c1OCCCN1CCOCC1)O2)C(=O)NS(=O)(=O)C1CC1. The molecule has 16 nitrogen and oxygen atoms in total. The molecular weight excluding hydrogens is 968 g/mol. The molecule has 0 unspecified atom stereocenters. The quantitative estimate of drug-likeness (QED) is 0.0904. The Labute approximate surface area is 391 Å². The Morgan fingerprint density at radius 3 is 2.55 bits per heavy atom. The Balaban J connectivity index is 1.05. The number of alkyl carbamates (subject to hydrolysis) is 1. The number of halogens is 1. The molecule has 0 radical (unpaired) electrons. The van der Waals surface area contributed by atoms with Gasteiger partial charge in [-0.1, -0.05) is 6.07 Å². The molecule has 1 aromatic heterocycles. The molecule has 0 spiro atoms. The molecule has 2 aromatic rings. The van der Waals surface area contributed by atoms with Gasteiger partial charge < -0.3 is 4.74 Å². The summed E-state index contributed by atoms with van der Waals surface area (Å²) in [4.78, 5) is 66.3. The number of carbonyl (C=O) groups excluding carboxylic acids is 4. The van der Waals surface area contributed by atoms with E-state index in [1.807, 2.05) is 24.3 Å². The van der Waals surface area contributed by atoms with Crippen molar-refractivity contribution < 1.29 is 67.7 Å². The Bertz CT molecular complexity index is 2270. The van der Waals surface area contributed by atoms with Crippen molar-refractivity contribution in [3.63, 3.8) is 0 Å². The Morgan fingerprint density at radius 1 is 1.00 bits per heavy atom. The zero-order valence-electron chi connectivity index (χ0n) is 36.9. The van der Waals surface area contributed by atoms with Gasteiger partial charge in [0, 0.05) is 19.6 Å². The van der Waals surface area contributed by atoms with Crippen LogP contribution in [0.15, 0.2) is 49.1 Å². The van der Waals surface area contributed by atoms with Crippen LogP contribution in [-0.2, 0) is 40.3 Å². The van der Waals surface area contributed by atoms with E-state index in [9.17, 15) is 22.8 Å². The fourth-order valence-corrected chi connectivity index (χ4v) is 14.5. The third-order valence-electron chi connectivity index (χ3n) is 14.1. The summed E-state index contributed by atoms with van der Waals surface area (Å²) in [7, 11) is -3.90. The summed E-state index contributed by atoms with van der Waals surface area (Å²) in [5, 5.41) is 6.14. The molecule has 7 atom stereocenters. The van der Waals surface area contributed by atoms with Crippen LogP contribution in [0.3, 0.4) is 0 Å². The number of aromatic nitrogens is 1. The maximum absolute atomic E-state index is 15.1. The second-order valence-electron chi connectivity index (χ2n) is 18.6. The van der Waals surface area contributed by atoms with Gasteiger partial charge in [-0.15, -0.1) is 0 Å². The number of benzene rings is 1. The fourth-order valence-electron chi connectivity index (χ4n) is 10.3. The second kappa shape index (κ2) is 20.1. The van der Waals surface area contributed by atoms with Crippen LogP contribution in [-0.4, -0.2) is 130 Å². The summed E-state index contributed by atoms with van der Waals surface area (Å²) in [6, 6.07) is 5.72. The number of pyridine rings is 1. The number of allylic oxidation sites excluding steroid dienone is 2. The number of hydrogen-bond acceptors (Lipinski definition) is 12. The third kappa shape index (κ3) is 10.4. The third-order valence-corrected chi connectivity index (χ3v) is 19.8. The van der Waals surface area contributed by atoms with Crippen LogP contribution in [0.1, 0.15) is 89.0 Å². The molecule has 4 amide bonds. The number of rotatable bonds is 12. The van der Waals surface area contributed by atoms with E-state index in [4.69, 9.17) is 23.9 Å². The van der Waals surface area contributed by atoms with Crippen LogP contribution in [0.4, 0.5) is 4.79 Å². The van der Waals surface area contributed by atoms with Gasteiger partial charge in [0.15, 0.2) is 0 Å². The van der Waals surface area contributed by atoms with Gasteiger partial charge in [-0.25, -0.2) is 0 Å². The first kappa shape index (κ1) is 46.1. The number of alkyl halides is 2. The average molecular weight is 1030 g/mol. The molecule has 18 heteroatoms. The van der Waals surface area contributed by atoms with Gasteiger partial charge in [-0.2, -0.15) is 0 Å². The number of sulfonamides is 1. The number of fused-ring (bicyclic) bond motifs is 5. The van der Waals surface area contributed by atoms with Crippen LogP contribution < -0.4 is 46.0 Å². The number of amides is 4. The number of carbonyl (C=O) groups is 4. The molecule has 3 saturated carbocycles. The van der Waals surface area contributed by atoms with Crippen molar-refractivity contribution in [2.75, 3.05) is 46.0 Å². The molecule has 9 rings (SSSR count). The van der Waals surface area contributed by atoms with Crippen molar-refractivity contribution in [2.24, 2.45) is 11.8 Å². The number of para-hydroxylation sites is 1. The zero-order chi connectivity index (χ0) is 45.1. The summed E-state index contributed by atoms with van der Waals surface area (Å²) in [5.74, 6) is -0.760. The van der Waals surface area contributed by atoms with E-state index in [1.165, 1.54) is 4.90 Å². The van der Waals surface area contributed by atoms with Crippen molar-refractivity contribution in [3.05, 3.63) is 54.6 Å². The molecular formula is C47H62IN6O10S-. The van der Waals surface area contributed by atoms with Crippen molar-refractivity contribution in [1.29, 1.82) is 0 Å². The number of nitrogens with zero attached hydrogens (tertiary/aromatic N) is 3. The Kier molecular flexibility index (Phi) is 14.2. The summed E-state index contributed by atoms with van der Waals surface area (Å²) in [5.41, 5.74) is 1.44. The first-order valence-corrected chi connectivity index (χ1v) is 27.5. The summed E-state index contributed by atoms with van der Waals surface area (Å²) >= 11 is -1.06. The molecule has 1 aromatic carbocycles. The average Bonchev–Trinajstić information content (AvgIpc) is 4.09. The molecule has 3 saturated heterocycles. The van der Waals surface area contributed by atoms with Gasteiger partial charge in [-0.3, -0.25) is 4.90 Å². The minimum absolute atomic E-state index is 0.00368. The van der Waals surface area contributed by atoms with E-state index in [-0.39, 0.29) is 30.9 Å². The van der Waals surface area contributed by atoms with E-state index in [1.54, 1.807) is 6.08 Å². The number of nitrogens with one attached hydrogen (secondary N) is 3. The van der Waals surface area contributed by atoms with Gasteiger partial charge in [0.1, 0.15) is 0 Å². The zero-order valence-corrected chi connectivity index (χ0v) is 39.9. The van der Waals surface area contributed by atoms with E-state index < -0.39 is 86.0 Å². The van der Waals surface area contributed by atoms with Crippen LogP contribution >= 0.6 is 0 Å². The van der Waals surface area contributed by atoms with E-state index in [0.717, 1.165) is 108 Å². The molecule has 65 heavy (non-hydrogen) atoms. The van der Waals surface area contributed by atoms with Crippen molar-refractivity contribution in [3.8, 4) is 11.6 Å². The maximum atomic E-state index is 15.1. The van der Waals surface area contributed by atoms with Gasteiger partial charge in [0.25, 0.3) is 0 Å². The number of morpholine rings is 1. The molecule has 6 fully saturated rings. The summed E-state index contributed by atoms with van der Waals surface area (Å²) in [6.07, 6.45) is 14.0. The molecule has 3 aliphatic carbocycles. The number of hydrogen-bond donors (Lipinski definition) is 3. The van der Waals surface area contributed by atoms with Crippen molar-refractivity contribution in [1.82, 2.24) is 30.1 Å². The molecule has 2 bridgehead atoms. The first-order chi connectivity index (χ1) is 31.5. The molecule has 4 aliphatic heterocycles. The van der Waals surface area contributed by atoms with Crippen LogP contribution in [0.25, 0.3) is 10.9 Å². The molecule has 5 heterocycles. The molecule has 3 N–H and O–H groups in total. The Hall–Kier alpha value is -4.01. The van der Waals surface area contributed by atoms with Gasteiger partial charge in [-0.05, 0) is 32.1 Å². The van der Waals surface area contributed by atoms with Crippen LogP contribution in [0.5, 0.6) is 11.6 Å². The Morgan fingerprint density at radius 2 is 1.78 bits per heavy atom. The van der Waals surface area contributed by atoms with Gasteiger partial charge >= 0.3 is 313 Å². The predicted molar refractivity (Wildman–Crippen MR) is 237 cm³/mol. The first-order valence-electron chi connectivity index (χ1n) is 23.6. The van der Waals surface area contributed by atoms with E-state index in [2.05, 4.69) is 39.0 Å². The van der Waals surface area contributed by atoms with E-state index >= 15 is 4.79 Å². The standard InChI is InChI=1S/C47H62IN6O10S/c1-2-39-47(48-39,45(57)52-65(59,60)33-20-21-33)51-42(55)37-28-32-29-54(37)44(56)40(31-13-6-7-14-31)50-46(58)64-38-19-10-15-30(38)12-4-3-5-17-35-41(62-25-11-22-53-23-26-61-27-24-53)34-16-8-9-18-36(34)49-43(35)63-32/h2-3,5,8-9,16,18,30-33,37-40H,1,4,6-7,10-15,17,19-29H2,(H,50,58)(H,51,55)(H,52,57)/q-1/b5-3+/t30-,32-,37+,38-,39+,40+,47-/m1/s1. The summed E-state index contributed by atoms with van der Waals surface area (Å²) in [6.45, 7) is 8.45. The minimum atomic E-state index is -3.90. The molecule has 354 valence electrons. The monoisotopic (exact) mass is 1030 g/mol. The normalized spacial score (nSPS) is 30.9. The summed E-state index contributed by atoms with van der Waals surface area (Å²) < 4.78 is 51.5. The van der Waals surface area contributed by atoms with Gasteiger partial charge in [0.2, 0.25) is 0 Å². The van der Waals surface area contributed by atoms with Crippen molar-refractivity contribution in [2.45, 2.75) is 127 Å². The predicted octanol–water partition coefficient (Wildman–Crippen LogP) is 1.11. The second-order valence-corrected chi connectivity index (χ2v) is 24.2. The van der Waals surface area contributed by atoms with Crippen LogP contribution in [0, 0.1) is 11.8 Å². The van der Waals surface area contributed by atoms with Gasteiger partial charge in [0.05, 0.1) is 13.2 Å². The van der Waals surface area contributed by atoms with E-state index in [0.29, 0.717) is 43.0 Å². The number of ether oxygens (including phenoxy) is 4. The topological polar surface area (TPSA) is 195 Å². The van der Waals surface area contributed by atoms with Crippen molar-refractivity contribution >= 4 is 44.7 Å².